The van der Waals surface area contributed by atoms with Gasteiger partial charge in [0.2, 0.25) is 17.8 Å². The van der Waals surface area contributed by atoms with E-state index in [9.17, 15) is 48.9 Å². The molecule has 4 fully saturated rings. The standard InChI is InChI=1S/C26H29N5O6.C23H26N4O5.C21H21BrN4O4/c32-11-2-7-31-22-6-5-20(30-10-14-37-17-23(30)33)16-21(22)27-26(31)28-24(34)18-3-1-4-19(15-18)25(35)29-8-12-36-13-9-29;1-15-12-16(4-7-20(15)31-2)22(30)25-23-24-18-13-17(26-9-11-32-14-21(26)29)5-6-19(18)27(23)8-3-10-28;22-15-4-1-3-14(11-15)20(29)24-21-23-17-12-16(25-8-10-30-13-19(25)28)5-6-18(17)26(21)7-2-9-27/h1,3-6,15-16,32H,2,7-14,17H2,(H,27,28,34);4-7,12-13,28H,3,8-11,14H2,1-2H3,(H,24,25,30);1,3-6,11-12,27H,2,7-10,13H2,(H,23,24,29). The SMILES string of the molecule is COc1ccc(C(=O)Nc2nc3cc(N4CCOCC4=O)ccc3n2CCCO)cc1C.O=C(Nc1nc2cc(N3CCOCC3=O)ccc2n1CCCO)c1cccc(Br)c1.O=C(Nc1nc2cc(N3CCOCC3=O)ccc2n1CCCO)c1cccc(C(=O)N2CCOCC2)c1. The second kappa shape index (κ2) is 33.0. The van der Waals surface area contributed by atoms with E-state index in [-0.39, 0.29) is 75.1 Å². The van der Waals surface area contributed by atoms with E-state index in [1.165, 1.54) is 0 Å². The third-order valence-electron chi connectivity index (χ3n) is 16.8. The Labute approximate surface area is 577 Å². The number of benzene rings is 6. The first-order valence-electron chi connectivity index (χ1n) is 32.4. The summed E-state index contributed by atoms with van der Waals surface area (Å²) in [6.45, 7) is 8.38. The molecule has 3 aromatic heterocycles. The van der Waals surface area contributed by atoms with E-state index < -0.39 is 5.91 Å². The first-order chi connectivity index (χ1) is 48.1. The summed E-state index contributed by atoms with van der Waals surface area (Å²) in [4.78, 5) is 109. The minimum Gasteiger partial charge on any atom is -0.496 e. The molecule has 4 aliphatic heterocycles. The Bertz CT molecular complexity index is 4450. The van der Waals surface area contributed by atoms with Crippen molar-refractivity contribution < 1.29 is 72.6 Å². The molecule has 7 heterocycles. The van der Waals surface area contributed by atoms with Crippen molar-refractivity contribution in [1.82, 2.24) is 33.6 Å². The van der Waals surface area contributed by atoms with E-state index in [2.05, 4.69) is 46.8 Å². The van der Waals surface area contributed by atoms with Crippen molar-refractivity contribution in [2.24, 2.45) is 0 Å². The van der Waals surface area contributed by atoms with Crippen LogP contribution in [-0.4, -0.2) is 203 Å². The number of morpholine rings is 4. The van der Waals surface area contributed by atoms with Gasteiger partial charge in [0.05, 0.1) is 73.2 Å². The molecule has 7 amide bonds. The molecule has 28 nitrogen and oxygen atoms in total. The van der Waals surface area contributed by atoms with Crippen LogP contribution in [0.15, 0.2) is 126 Å². The molecule has 9 aromatic rings. The van der Waals surface area contributed by atoms with Gasteiger partial charge in [-0.1, -0.05) is 28.1 Å². The molecule has 0 spiro atoms. The maximum atomic E-state index is 13.2. The van der Waals surface area contributed by atoms with E-state index in [0.29, 0.717) is 173 Å². The van der Waals surface area contributed by atoms with Gasteiger partial charge in [0.1, 0.15) is 25.6 Å². The van der Waals surface area contributed by atoms with Gasteiger partial charge in [-0.15, -0.1) is 0 Å². The number of anilines is 6. The first-order valence-corrected chi connectivity index (χ1v) is 33.2. The topological polar surface area (TPSA) is 329 Å². The van der Waals surface area contributed by atoms with Gasteiger partial charge in [0, 0.05) is 116 Å². The van der Waals surface area contributed by atoms with Gasteiger partial charge in [0.15, 0.2) is 0 Å². The fraction of sp³-hybridized carbons (Fsp3) is 0.343. The second-order valence-corrected chi connectivity index (χ2v) is 24.3. The van der Waals surface area contributed by atoms with Crippen LogP contribution in [0.5, 0.6) is 5.75 Å². The van der Waals surface area contributed by atoms with Crippen LogP contribution in [0.3, 0.4) is 0 Å². The number of hydrogen-bond donors (Lipinski definition) is 6. The molecule has 13 rings (SSSR count). The Morgan fingerprint density at radius 2 is 0.859 bits per heavy atom. The van der Waals surface area contributed by atoms with Crippen molar-refractivity contribution in [3.8, 4) is 5.75 Å². The zero-order chi connectivity index (χ0) is 69.5. The van der Waals surface area contributed by atoms with E-state index in [1.807, 2.05) is 81.3 Å². The largest absolute Gasteiger partial charge is 0.496 e. The van der Waals surface area contributed by atoms with Crippen molar-refractivity contribution in [2.45, 2.75) is 45.8 Å². The maximum Gasteiger partial charge on any atom is 0.258 e. The van der Waals surface area contributed by atoms with E-state index in [4.69, 9.17) is 23.7 Å². The number of nitrogens with one attached hydrogen (secondary N) is 3. The Morgan fingerprint density at radius 3 is 1.24 bits per heavy atom. The number of halogens is 1. The molecule has 99 heavy (non-hydrogen) atoms. The molecule has 0 radical (unpaired) electrons. The van der Waals surface area contributed by atoms with E-state index in [0.717, 1.165) is 38.0 Å². The monoisotopic (exact) mass is 1420 g/mol. The summed E-state index contributed by atoms with van der Waals surface area (Å²) in [6.07, 6.45) is 1.51. The number of aliphatic hydroxyl groups is 3. The maximum absolute atomic E-state index is 13.2. The van der Waals surface area contributed by atoms with Crippen LogP contribution in [0.4, 0.5) is 34.9 Å². The summed E-state index contributed by atoms with van der Waals surface area (Å²) in [5.74, 6) is 0.393. The molecule has 4 aliphatic rings. The highest BCUT2D eigenvalue weighted by Gasteiger charge is 2.27. The molecule has 0 saturated carbocycles. The number of aliphatic hydroxyl groups excluding tert-OH is 3. The predicted molar refractivity (Wildman–Crippen MR) is 373 cm³/mol. The summed E-state index contributed by atoms with van der Waals surface area (Å²) in [7, 11) is 1.59. The van der Waals surface area contributed by atoms with Crippen LogP contribution < -0.4 is 35.4 Å². The third kappa shape index (κ3) is 16.8. The molecular weight excluding hydrogens is 1340 g/mol. The predicted octanol–water partition coefficient (Wildman–Crippen LogP) is 6.65. The summed E-state index contributed by atoms with van der Waals surface area (Å²) >= 11 is 3.37. The molecule has 518 valence electrons. The highest BCUT2D eigenvalue weighted by Crippen LogP contribution is 2.31. The molecule has 0 aliphatic carbocycles. The van der Waals surface area contributed by atoms with Gasteiger partial charge in [-0.2, -0.15) is 0 Å². The lowest BCUT2D eigenvalue weighted by Gasteiger charge is -2.27. The number of rotatable bonds is 20. The van der Waals surface area contributed by atoms with Gasteiger partial charge in [-0.3, -0.25) is 49.5 Å². The van der Waals surface area contributed by atoms with Crippen molar-refractivity contribution in [1.29, 1.82) is 0 Å². The van der Waals surface area contributed by atoms with Crippen LogP contribution in [0.25, 0.3) is 33.1 Å². The van der Waals surface area contributed by atoms with Crippen LogP contribution in [-0.2, 0) is 53.0 Å². The van der Waals surface area contributed by atoms with Gasteiger partial charge < -0.3 is 72.3 Å². The molecular formula is C70H76BrN13O15. The fourth-order valence-electron chi connectivity index (χ4n) is 11.8. The van der Waals surface area contributed by atoms with Crippen LogP contribution in [0.1, 0.15) is 66.3 Å². The number of amides is 7. The quantitative estimate of drug-likeness (QED) is 0.0465. The lowest BCUT2D eigenvalue weighted by molar-refractivity contribution is -0.126. The van der Waals surface area contributed by atoms with Gasteiger partial charge >= 0.3 is 0 Å². The normalized spacial score (nSPS) is 15.0. The van der Waals surface area contributed by atoms with E-state index in [1.54, 1.807) is 87.4 Å². The summed E-state index contributed by atoms with van der Waals surface area (Å²) in [6, 6.07) is 35.6. The molecule has 0 atom stereocenters. The number of aryl methyl sites for hydroxylation is 4. The Morgan fingerprint density at radius 1 is 0.475 bits per heavy atom. The fourth-order valence-corrected chi connectivity index (χ4v) is 12.2. The lowest BCUT2D eigenvalue weighted by atomic mass is 10.1. The molecule has 29 heteroatoms. The minimum atomic E-state index is -0.402. The number of ether oxygens (including phenoxy) is 5. The highest BCUT2D eigenvalue weighted by molar-refractivity contribution is 9.10. The summed E-state index contributed by atoms with van der Waals surface area (Å²) in [5.41, 5.74) is 9.13. The number of aromatic nitrogens is 6. The third-order valence-corrected chi connectivity index (χ3v) is 17.3. The van der Waals surface area contributed by atoms with E-state index >= 15 is 0 Å². The average Bonchev–Trinajstić information content (AvgIpc) is 1.65. The number of carbonyl (C=O) groups is 7. The van der Waals surface area contributed by atoms with Gasteiger partial charge in [-0.25, -0.2) is 15.0 Å². The van der Waals surface area contributed by atoms with Crippen molar-refractivity contribution >= 4 is 125 Å². The number of imidazole rings is 3. The molecule has 0 unspecified atom stereocenters. The van der Waals surface area contributed by atoms with Gasteiger partial charge in [-0.05, 0) is 141 Å². The number of methoxy groups -OCH3 is 1. The highest BCUT2D eigenvalue weighted by atomic mass is 79.9. The average molecular weight is 1420 g/mol. The van der Waals surface area contributed by atoms with Crippen molar-refractivity contribution in [2.75, 3.05) is 143 Å². The zero-order valence-corrected chi connectivity index (χ0v) is 56.3. The smallest absolute Gasteiger partial charge is 0.258 e. The van der Waals surface area contributed by atoms with Crippen molar-refractivity contribution in [3.05, 3.63) is 154 Å². The molecule has 6 aromatic carbocycles. The Kier molecular flexibility index (Phi) is 23.5. The Balaban J connectivity index is 0.000000151. The number of carbonyl (C=O) groups excluding carboxylic acids is 7. The van der Waals surface area contributed by atoms with Crippen LogP contribution in [0.2, 0.25) is 0 Å². The minimum absolute atomic E-state index is 0.0148. The number of nitrogens with zero attached hydrogens (tertiary/aromatic N) is 10. The summed E-state index contributed by atoms with van der Waals surface area (Å²) < 4.78 is 32.6. The first kappa shape index (κ1) is 70.3. The molecule has 6 N–H and O–H groups in total. The zero-order valence-electron chi connectivity index (χ0n) is 54.7. The van der Waals surface area contributed by atoms with Crippen LogP contribution >= 0.6 is 15.9 Å². The lowest BCUT2D eigenvalue weighted by Crippen LogP contribution is -2.41. The number of hydrogen-bond acceptors (Lipinski definition) is 18. The van der Waals surface area contributed by atoms with Gasteiger partial charge in [0.25, 0.3) is 41.4 Å². The molecule has 0 bridgehead atoms. The number of fused-ring (bicyclic) bond motifs is 3. The molecule has 4 saturated heterocycles. The van der Waals surface area contributed by atoms with Crippen molar-refractivity contribution in [3.63, 3.8) is 0 Å². The second-order valence-electron chi connectivity index (χ2n) is 23.3. The summed E-state index contributed by atoms with van der Waals surface area (Å²) in [5, 5.41) is 36.6. The Hall–Kier alpha value is -9.98. The van der Waals surface area contributed by atoms with Crippen LogP contribution in [0, 0.1) is 6.92 Å².